The van der Waals surface area contributed by atoms with E-state index in [1.165, 1.54) is 10.9 Å². The van der Waals surface area contributed by atoms with Crippen LogP contribution in [0.25, 0.3) is 10.9 Å². The highest BCUT2D eigenvalue weighted by Gasteiger charge is 2.14. The number of anilines is 1. The minimum absolute atomic E-state index is 0.160. The molecule has 0 aliphatic carbocycles. The third kappa shape index (κ3) is 2.73. The van der Waals surface area contributed by atoms with E-state index in [2.05, 4.69) is 15.4 Å². The van der Waals surface area contributed by atoms with Crippen LogP contribution < -0.4 is 15.7 Å². The second-order valence-electron chi connectivity index (χ2n) is 5.40. The number of benzene rings is 1. The number of nitrogens with one attached hydrogen (secondary N) is 1. The lowest BCUT2D eigenvalue weighted by Gasteiger charge is -2.13. The standard InChI is InChI=1S/C16H17N5O3/c1-10-7-17-15-11(5-4-6-12(15)24-3)14(10)19-13(22)8-21-16(23)20(2)9-18-21/h4-7,9H,8H2,1-3H3,(H,17,19,22). The summed E-state index contributed by atoms with van der Waals surface area (Å²) >= 11 is 0. The van der Waals surface area contributed by atoms with E-state index in [0.29, 0.717) is 17.0 Å². The molecule has 24 heavy (non-hydrogen) atoms. The van der Waals surface area contributed by atoms with Gasteiger partial charge in [0.1, 0.15) is 24.1 Å². The van der Waals surface area contributed by atoms with Crippen molar-refractivity contribution in [1.82, 2.24) is 19.3 Å². The molecule has 8 heteroatoms. The van der Waals surface area contributed by atoms with Gasteiger partial charge < -0.3 is 10.1 Å². The van der Waals surface area contributed by atoms with E-state index in [4.69, 9.17) is 4.74 Å². The summed E-state index contributed by atoms with van der Waals surface area (Å²) in [6, 6.07) is 5.51. The molecule has 2 aromatic heterocycles. The second-order valence-corrected chi connectivity index (χ2v) is 5.40. The van der Waals surface area contributed by atoms with Crippen molar-refractivity contribution < 1.29 is 9.53 Å². The lowest BCUT2D eigenvalue weighted by molar-refractivity contribution is -0.117. The van der Waals surface area contributed by atoms with Crippen LogP contribution in [0.15, 0.2) is 35.5 Å². The number of fused-ring (bicyclic) bond motifs is 1. The first kappa shape index (κ1) is 15.7. The Morgan fingerprint density at radius 3 is 2.83 bits per heavy atom. The van der Waals surface area contributed by atoms with Gasteiger partial charge in [0.05, 0.1) is 12.8 Å². The predicted octanol–water partition coefficient (Wildman–Crippen LogP) is 1.09. The fraction of sp³-hybridized carbons (Fsp3) is 0.250. The number of carbonyl (C=O) groups is 1. The zero-order valence-corrected chi connectivity index (χ0v) is 13.6. The Morgan fingerprint density at radius 2 is 2.17 bits per heavy atom. The maximum absolute atomic E-state index is 12.3. The Bertz CT molecular complexity index is 973. The molecule has 0 saturated carbocycles. The molecule has 3 aromatic rings. The number of nitrogens with zero attached hydrogens (tertiary/aromatic N) is 4. The first-order valence-electron chi connectivity index (χ1n) is 7.32. The molecule has 1 aromatic carbocycles. The van der Waals surface area contributed by atoms with Crippen LogP contribution in [0.3, 0.4) is 0 Å². The van der Waals surface area contributed by atoms with Gasteiger partial charge in [-0.2, -0.15) is 5.10 Å². The molecule has 3 rings (SSSR count). The Morgan fingerprint density at radius 1 is 1.38 bits per heavy atom. The van der Waals surface area contributed by atoms with Gasteiger partial charge in [-0.25, -0.2) is 9.48 Å². The molecule has 124 valence electrons. The summed E-state index contributed by atoms with van der Waals surface area (Å²) in [4.78, 5) is 28.5. The van der Waals surface area contributed by atoms with Gasteiger partial charge >= 0.3 is 5.69 Å². The van der Waals surface area contributed by atoms with E-state index in [-0.39, 0.29) is 18.1 Å². The Balaban J connectivity index is 1.94. The summed E-state index contributed by atoms with van der Waals surface area (Å²) in [7, 11) is 3.15. The van der Waals surface area contributed by atoms with Crippen LogP contribution >= 0.6 is 0 Å². The summed E-state index contributed by atoms with van der Waals surface area (Å²) in [5.41, 5.74) is 1.78. The number of methoxy groups -OCH3 is 1. The number of hydrogen-bond acceptors (Lipinski definition) is 5. The smallest absolute Gasteiger partial charge is 0.345 e. The fourth-order valence-electron chi connectivity index (χ4n) is 2.47. The molecule has 0 unspecified atom stereocenters. The minimum Gasteiger partial charge on any atom is -0.494 e. The van der Waals surface area contributed by atoms with Gasteiger partial charge in [-0.15, -0.1) is 0 Å². The number of amides is 1. The van der Waals surface area contributed by atoms with Gasteiger partial charge in [0.15, 0.2) is 0 Å². The summed E-state index contributed by atoms with van der Waals surface area (Å²) in [6.07, 6.45) is 3.04. The molecule has 0 saturated heterocycles. The monoisotopic (exact) mass is 327 g/mol. The van der Waals surface area contributed by atoms with Crippen LogP contribution in [-0.4, -0.2) is 32.3 Å². The molecule has 1 amide bonds. The maximum atomic E-state index is 12.3. The fourth-order valence-corrected chi connectivity index (χ4v) is 2.47. The lowest BCUT2D eigenvalue weighted by Crippen LogP contribution is -2.29. The van der Waals surface area contributed by atoms with Crippen molar-refractivity contribution in [3.63, 3.8) is 0 Å². The highest BCUT2D eigenvalue weighted by atomic mass is 16.5. The Kier molecular flexibility index (Phi) is 4.03. The van der Waals surface area contributed by atoms with E-state index in [1.807, 2.05) is 25.1 Å². The van der Waals surface area contributed by atoms with Gasteiger partial charge in [0, 0.05) is 18.6 Å². The molecule has 0 atom stereocenters. The van der Waals surface area contributed by atoms with Crippen LogP contribution in [-0.2, 0) is 18.4 Å². The van der Waals surface area contributed by atoms with Crippen LogP contribution in [0.1, 0.15) is 5.56 Å². The van der Waals surface area contributed by atoms with E-state index >= 15 is 0 Å². The number of rotatable bonds is 4. The number of hydrogen-bond donors (Lipinski definition) is 1. The number of aromatic nitrogens is 4. The van der Waals surface area contributed by atoms with E-state index in [9.17, 15) is 9.59 Å². The highest BCUT2D eigenvalue weighted by molar-refractivity contribution is 6.03. The quantitative estimate of drug-likeness (QED) is 0.774. The number of carbonyl (C=O) groups excluding carboxylic acids is 1. The largest absolute Gasteiger partial charge is 0.494 e. The van der Waals surface area contributed by atoms with Gasteiger partial charge in [0.2, 0.25) is 5.91 Å². The molecular formula is C16H17N5O3. The average Bonchev–Trinajstić information content (AvgIpc) is 2.88. The second kappa shape index (κ2) is 6.15. The first-order chi connectivity index (χ1) is 11.5. The number of pyridine rings is 1. The normalized spacial score (nSPS) is 10.8. The average molecular weight is 327 g/mol. The van der Waals surface area contributed by atoms with Crippen LogP contribution in [0.5, 0.6) is 5.75 Å². The molecule has 1 N–H and O–H groups in total. The highest BCUT2D eigenvalue weighted by Crippen LogP contribution is 2.31. The van der Waals surface area contributed by atoms with Crippen LogP contribution in [0, 0.1) is 6.92 Å². The molecule has 0 fully saturated rings. The number of aryl methyl sites for hydroxylation is 2. The Labute approximate surface area is 137 Å². The van der Waals surface area contributed by atoms with Gasteiger partial charge in [-0.3, -0.25) is 14.3 Å². The zero-order valence-electron chi connectivity index (χ0n) is 13.6. The van der Waals surface area contributed by atoms with E-state index in [0.717, 1.165) is 15.6 Å². The summed E-state index contributed by atoms with van der Waals surface area (Å²) in [6.45, 7) is 1.70. The van der Waals surface area contributed by atoms with Crippen molar-refractivity contribution in [1.29, 1.82) is 0 Å². The molecule has 8 nitrogen and oxygen atoms in total. The molecule has 2 heterocycles. The van der Waals surface area contributed by atoms with Crippen molar-refractivity contribution in [2.45, 2.75) is 13.5 Å². The van der Waals surface area contributed by atoms with Gasteiger partial charge in [0.25, 0.3) is 0 Å². The number of para-hydroxylation sites is 1. The third-order valence-corrected chi connectivity index (χ3v) is 3.71. The molecular weight excluding hydrogens is 310 g/mol. The van der Waals surface area contributed by atoms with E-state index < -0.39 is 0 Å². The molecule has 0 spiro atoms. The number of ether oxygens (including phenoxy) is 1. The molecule has 0 bridgehead atoms. The van der Waals surface area contributed by atoms with Gasteiger partial charge in [-0.1, -0.05) is 12.1 Å². The minimum atomic E-state index is -0.344. The SMILES string of the molecule is COc1cccc2c(NC(=O)Cn3ncn(C)c3=O)c(C)cnc12. The molecule has 0 radical (unpaired) electrons. The topological polar surface area (TPSA) is 91.0 Å². The first-order valence-corrected chi connectivity index (χ1v) is 7.32. The predicted molar refractivity (Wildman–Crippen MR) is 89.1 cm³/mol. The maximum Gasteiger partial charge on any atom is 0.345 e. The van der Waals surface area contributed by atoms with Crippen LogP contribution in [0.2, 0.25) is 0 Å². The summed E-state index contributed by atoms with van der Waals surface area (Å²) < 4.78 is 7.72. The van der Waals surface area contributed by atoms with Crippen molar-refractivity contribution in [3.8, 4) is 5.75 Å². The summed E-state index contributed by atoms with van der Waals surface area (Å²) in [5, 5.41) is 7.50. The third-order valence-electron chi connectivity index (χ3n) is 3.71. The van der Waals surface area contributed by atoms with Crippen molar-refractivity contribution >= 4 is 22.5 Å². The van der Waals surface area contributed by atoms with Crippen molar-refractivity contribution in [2.75, 3.05) is 12.4 Å². The summed E-state index contributed by atoms with van der Waals surface area (Å²) in [5.74, 6) is 0.290. The van der Waals surface area contributed by atoms with Crippen molar-refractivity contribution in [2.24, 2.45) is 7.05 Å². The molecule has 0 aliphatic rings. The van der Waals surface area contributed by atoms with E-state index in [1.54, 1.807) is 20.4 Å². The Hall–Kier alpha value is -3.16. The zero-order chi connectivity index (χ0) is 17.3. The van der Waals surface area contributed by atoms with Gasteiger partial charge in [-0.05, 0) is 18.6 Å². The lowest BCUT2D eigenvalue weighted by atomic mass is 10.1. The molecule has 0 aliphatic heterocycles. The van der Waals surface area contributed by atoms with Crippen LogP contribution in [0.4, 0.5) is 5.69 Å². The van der Waals surface area contributed by atoms with Crippen molar-refractivity contribution in [3.05, 3.63) is 46.8 Å².